The number of benzene rings is 1. The number of hydrogen-bond acceptors (Lipinski definition) is 1. The van der Waals surface area contributed by atoms with Crippen LogP contribution in [-0.4, -0.2) is 4.98 Å². The summed E-state index contributed by atoms with van der Waals surface area (Å²) in [5.74, 6) is 0. The van der Waals surface area contributed by atoms with Crippen molar-refractivity contribution >= 4 is 28.1 Å². The van der Waals surface area contributed by atoms with E-state index in [2.05, 4.69) is 40.0 Å². The van der Waals surface area contributed by atoms with Gasteiger partial charge in [-0.15, -0.1) is 0 Å². The monoisotopic (exact) mass is 279 g/mol. The third-order valence-corrected chi connectivity index (χ3v) is 3.10. The maximum atomic E-state index is 5.28. The van der Waals surface area contributed by atoms with Crippen molar-refractivity contribution in [2.24, 2.45) is 0 Å². The minimum Gasteiger partial charge on any atom is -0.351 e. The number of hydrogen-bond donors (Lipinski definition) is 1. The third kappa shape index (κ3) is 2.19. The van der Waals surface area contributed by atoms with Crippen LogP contribution in [0.25, 0.3) is 11.1 Å². The Morgan fingerprint density at radius 3 is 2.67 bits per heavy atom. The van der Waals surface area contributed by atoms with Crippen LogP contribution in [0.15, 0.2) is 41.0 Å². The van der Waals surface area contributed by atoms with Gasteiger partial charge in [0, 0.05) is 16.2 Å². The molecule has 2 aromatic rings. The highest BCUT2D eigenvalue weighted by molar-refractivity contribution is 9.10. The second-order valence-corrected chi connectivity index (χ2v) is 4.70. The fourth-order valence-electron chi connectivity index (χ4n) is 1.53. The first-order valence-electron chi connectivity index (χ1n) is 4.63. The third-order valence-electron chi connectivity index (χ3n) is 2.30. The average Bonchev–Trinajstić information content (AvgIpc) is 2.23. The molecule has 1 N–H and O–H groups in total. The molecule has 1 aromatic heterocycles. The van der Waals surface area contributed by atoms with Gasteiger partial charge in [-0.25, -0.2) is 0 Å². The zero-order valence-electron chi connectivity index (χ0n) is 8.25. The average molecular weight is 280 g/mol. The lowest BCUT2D eigenvalue weighted by molar-refractivity contribution is 1.27. The minimum absolute atomic E-state index is 0.771. The summed E-state index contributed by atoms with van der Waals surface area (Å²) in [4.78, 5) is 3.06. The Morgan fingerprint density at radius 2 is 1.93 bits per heavy atom. The van der Waals surface area contributed by atoms with Gasteiger partial charge in [-0.05, 0) is 40.0 Å². The first-order valence-corrected chi connectivity index (χ1v) is 5.83. The summed E-state index contributed by atoms with van der Waals surface area (Å²) in [5, 5.41) is 0. The van der Waals surface area contributed by atoms with Crippen molar-refractivity contribution in [1.29, 1.82) is 0 Å². The Balaban J connectivity index is 2.69. The number of halogens is 1. The van der Waals surface area contributed by atoms with Crippen LogP contribution >= 0.6 is 28.1 Å². The van der Waals surface area contributed by atoms with Crippen molar-refractivity contribution in [1.82, 2.24) is 4.98 Å². The molecule has 1 heterocycles. The van der Waals surface area contributed by atoms with Gasteiger partial charge in [-0.1, -0.05) is 36.5 Å². The highest BCUT2D eigenvalue weighted by Crippen LogP contribution is 2.25. The molecule has 0 bridgehead atoms. The van der Waals surface area contributed by atoms with Gasteiger partial charge >= 0.3 is 0 Å². The Kier molecular flexibility index (Phi) is 3.03. The molecule has 0 saturated heterocycles. The highest BCUT2D eigenvalue weighted by atomic mass is 79.9. The molecule has 1 nitrogen and oxygen atoms in total. The van der Waals surface area contributed by atoms with Crippen LogP contribution in [0.4, 0.5) is 0 Å². The van der Waals surface area contributed by atoms with E-state index in [9.17, 15) is 0 Å². The molecule has 0 spiro atoms. The molecule has 3 heteroatoms. The topological polar surface area (TPSA) is 15.8 Å². The van der Waals surface area contributed by atoms with Crippen molar-refractivity contribution in [3.8, 4) is 11.1 Å². The summed E-state index contributed by atoms with van der Waals surface area (Å²) < 4.78 is 1.78. The molecule has 0 aliphatic carbocycles. The molecule has 0 fully saturated rings. The van der Waals surface area contributed by atoms with Gasteiger partial charge in [0.15, 0.2) is 0 Å². The number of nitrogens with one attached hydrogen (secondary N) is 1. The fourth-order valence-corrected chi connectivity index (χ4v) is 2.10. The maximum Gasteiger partial charge on any atom is 0.111 e. The Labute approximate surface area is 102 Å². The van der Waals surface area contributed by atoms with Crippen LogP contribution in [0, 0.1) is 11.6 Å². The Bertz CT molecular complexity index is 545. The van der Waals surface area contributed by atoms with Gasteiger partial charge in [0.05, 0.1) is 0 Å². The second kappa shape index (κ2) is 4.29. The molecule has 1 aromatic carbocycles. The molecule has 0 saturated carbocycles. The zero-order chi connectivity index (χ0) is 10.8. The Morgan fingerprint density at radius 1 is 1.20 bits per heavy atom. The predicted molar refractivity (Wildman–Crippen MR) is 69.5 cm³/mol. The van der Waals surface area contributed by atoms with Crippen molar-refractivity contribution in [2.45, 2.75) is 6.92 Å². The van der Waals surface area contributed by atoms with Gasteiger partial charge in [0.2, 0.25) is 0 Å². The first-order chi connectivity index (χ1) is 7.18. The summed E-state index contributed by atoms with van der Waals surface area (Å²) >= 11 is 8.72. The van der Waals surface area contributed by atoms with Gasteiger partial charge < -0.3 is 4.98 Å². The SMILES string of the molecule is Cc1ccccc1-c1cc(Br)c[nH]c1=S. The van der Waals surface area contributed by atoms with Gasteiger partial charge in [-0.2, -0.15) is 0 Å². The zero-order valence-corrected chi connectivity index (χ0v) is 10.7. The molecule has 0 aliphatic rings. The second-order valence-electron chi connectivity index (χ2n) is 3.38. The quantitative estimate of drug-likeness (QED) is 0.761. The van der Waals surface area contributed by atoms with Gasteiger partial charge in [0.25, 0.3) is 0 Å². The molecular formula is C12H10BrNS. The number of aromatic amines is 1. The van der Waals surface area contributed by atoms with Crippen LogP contribution in [0.5, 0.6) is 0 Å². The summed E-state index contributed by atoms with van der Waals surface area (Å²) in [7, 11) is 0. The molecule has 0 amide bonds. The van der Waals surface area contributed by atoms with Crippen molar-refractivity contribution in [2.75, 3.05) is 0 Å². The number of aryl methyl sites for hydroxylation is 1. The smallest absolute Gasteiger partial charge is 0.111 e. The Hall–Kier alpha value is -0.930. The van der Waals surface area contributed by atoms with E-state index >= 15 is 0 Å². The summed E-state index contributed by atoms with van der Waals surface area (Å²) in [6.07, 6.45) is 1.85. The van der Waals surface area contributed by atoms with E-state index in [-0.39, 0.29) is 0 Å². The normalized spacial score (nSPS) is 10.3. The van der Waals surface area contributed by atoms with E-state index in [4.69, 9.17) is 12.2 Å². The molecule has 0 radical (unpaired) electrons. The molecule has 0 unspecified atom stereocenters. The van der Waals surface area contributed by atoms with Crippen LogP contribution < -0.4 is 0 Å². The van der Waals surface area contributed by atoms with Crippen molar-refractivity contribution < 1.29 is 0 Å². The molecule has 0 aliphatic heterocycles. The van der Waals surface area contributed by atoms with Crippen molar-refractivity contribution in [3.63, 3.8) is 0 Å². The van der Waals surface area contributed by atoms with E-state index in [1.165, 1.54) is 11.1 Å². The minimum atomic E-state index is 0.771. The lowest BCUT2D eigenvalue weighted by Crippen LogP contribution is -1.86. The van der Waals surface area contributed by atoms with Gasteiger partial charge in [-0.3, -0.25) is 0 Å². The van der Waals surface area contributed by atoms with E-state index < -0.39 is 0 Å². The van der Waals surface area contributed by atoms with Crippen LogP contribution in [-0.2, 0) is 0 Å². The van der Waals surface area contributed by atoms with Crippen LogP contribution in [0.2, 0.25) is 0 Å². The molecule has 15 heavy (non-hydrogen) atoms. The van der Waals surface area contributed by atoms with Crippen LogP contribution in [0.1, 0.15) is 5.56 Å². The standard InChI is InChI=1S/C12H10BrNS/c1-8-4-2-3-5-10(8)11-6-9(13)7-14-12(11)15/h2-7H,1H3,(H,14,15). The van der Waals surface area contributed by atoms with Gasteiger partial charge in [0.1, 0.15) is 4.64 Å². The largest absolute Gasteiger partial charge is 0.351 e. The number of pyridine rings is 1. The first kappa shape index (κ1) is 10.6. The van der Waals surface area contributed by atoms with E-state index in [0.717, 1.165) is 14.7 Å². The molecule has 0 atom stereocenters. The predicted octanol–water partition coefficient (Wildman–Crippen LogP) is 4.48. The molecule has 76 valence electrons. The highest BCUT2D eigenvalue weighted by Gasteiger charge is 2.03. The van der Waals surface area contributed by atoms with Crippen LogP contribution in [0.3, 0.4) is 0 Å². The fraction of sp³-hybridized carbons (Fsp3) is 0.0833. The summed E-state index contributed by atoms with van der Waals surface area (Å²) in [6.45, 7) is 2.09. The maximum absolute atomic E-state index is 5.28. The number of H-pyrrole nitrogens is 1. The summed E-state index contributed by atoms with van der Waals surface area (Å²) in [5.41, 5.74) is 3.48. The lowest BCUT2D eigenvalue weighted by atomic mass is 10.0. The summed E-state index contributed by atoms with van der Waals surface area (Å²) in [6, 6.07) is 10.3. The van der Waals surface area contributed by atoms with E-state index in [1.807, 2.05) is 24.4 Å². The number of rotatable bonds is 1. The van der Waals surface area contributed by atoms with E-state index in [1.54, 1.807) is 0 Å². The number of aromatic nitrogens is 1. The van der Waals surface area contributed by atoms with Crippen molar-refractivity contribution in [3.05, 3.63) is 51.2 Å². The lowest BCUT2D eigenvalue weighted by Gasteiger charge is -2.06. The molecule has 2 rings (SSSR count). The molecular weight excluding hydrogens is 270 g/mol. The van der Waals surface area contributed by atoms with E-state index in [0.29, 0.717) is 0 Å².